The van der Waals surface area contributed by atoms with Gasteiger partial charge in [-0.1, -0.05) is 37.3 Å². The highest BCUT2D eigenvalue weighted by atomic mass is 16.3. The highest BCUT2D eigenvalue weighted by Gasteiger charge is 2.20. The number of hydrogen-bond donors (Lipinski definition) is 0. The van der Waals surface area contributed by atoms with Crippen LogP contribution in [0.3, 0.4) is 0 Å². The van der Waals surface area contributed by atoms with Crippen molar-refractivity contribution in [1.82, 2.24) is 4.90 Å². The van der Waals surface area contributed by atoms with Crippen LogP contribution in [0.5, 0.6) is 0 Å². The van der Waals surface area contributed by atoms with Gasteiger partial charge in [0, 0.05) is 0 Å². The molecule has 1 aromatic carbocycles. The summed E-state index contributed by atoms with van der Waals surface area (Å²) < 4.78 is 5.55. The number of hydrogen-bond acceptors (Lipinski definition) is 2. The SMILES string of the molecule is CC(CC(c1ccco1)N(C)C)c1ccccc1. The van der Waals surface area contributed by atoms with Crippen LogP contribution in [0.2, 0.25) is 0 Å². The van der Waals surface area contributed by atoms with Gasteiger partial charge in [-0.15, -0.1) is 0 Å². The summed E-state index contributed by atoms with van der Waals surface area (Å²) in [7, 11) is 4.20. The molecule has 0 saturated carbocycles. The molecule has 0 N–H and O–H groups in total. The quantitative estimate of drug-likeness (QED) is 0.787. The van der Waals surface area contributed by atoms with Crippen molar-refractivity contribution in [3.63, 3.8) is 0 Å². The van der Waals surface area contributed by atoms with E-state index < -0.39 is 0 Å². The van der Waals surface area contributed by atoms with Crippen molar-refractivity contribution in [2.45, 2.75) is 25.3 Å². The Hall–Kier alpha value is -1.54. The largest absolute Gasteiger partial charge is 0.468 e. The molecule has 2 rings (SSSR count). The monoisotopic (exact) mass is 243 g/mol. The molecule has 1 heterocycles. The maximum Gasteiger partial charge on any atom is 0.120 e. The Balaban J connectivity index is 2.11. The van der Waals surface area contributed by atoms with Crippen LogP contribution in [-0.4, -0.2) is 19.0 Å². The third-order valence-electron chi connectivity index (χ3n) is 3.44. The maximum atomic E-state index is 5.55. The van der Waals surface area contributed by atoms with Crippen molar-refractivity contribution in [2.24, 2.45) is 0 Å². The Morgan fingerprint density at radius 1 is 1.06 bits per heavy atom. The lowest BCUT2D eigenvalue weighted by molar-refractivity contribution is 0.235. The van der Waals surface area contributed by atoms with Crippen molar-refractivity contribution >= 4 is 0 Å². The van der Waals surface area contributed by atoms with E-state index in [4.69, 9.17) is 4.42 Å². The van der Waals surface area contributed by atoms with E-state index in [9.17, 15) is 0 Å². The third-order valence-corrected chi connectivity index (χ3v) is 3.44. The first-order valence-corrected chi connectivity index (χ1v) is 6.43. The molecule has 0 radical (unpaired) electrons. The summed E-state index contributed by atoms with van der Waals surface area (Å²) >= 11 is 0. The molecule has 0 bridgehead atoms. The maximum absolute atomic E-state index is 5.55. The molecule has 0 fully saturated rings. The molecular formula is C16H21NO. The van der Waals surface area contributed by atoms with Gasteiger partial charge in [0.2, 0.25) is 0 Å². The summed E-state index contributed by atoms with van der Waals surface area (Å²) in [6.45, 7) is 2.27. The minimum Gasteiger partial charge on any atom is -0.468 e. The van der Waals surface area contributed by atoms with Crippen LogP contribution < -0.4 is 0 Å². The van der Waals surface area contributed by atoms with Crippen LogP contribution >= 0.6 is 0 Å². The molecule has 1 aromatic heterocycles. The Morgan fingerprint density at radius 2 is 1.78 bits per heavy atom. The highest BCUT2D eigenvalue weighted by Crippen LogP contribution is 2.31. The van der Waals surface area contributed by atoms with Crippen LogP contribution in [0.15, 0.2) is 53.1 Å². The summed E-state index contributed by atoms with van der Waals surface area (Å²) in [6, 6.07) is 15.0. The minimum atomic E-state index is 0.329. The molecule has 2 unspecified atom stereocenters. The summed E-state index contributed by atoms with van der Waals surface area (Å²) in [4.78, 5) is 2.22. The number of nitrogens with zero attached hydrogens (tertiary/aromatic N) is 1. The molecule has 0 aliphatic heterocycles. The average molecular weight is 243 g/mol. The fourth-order valence-corrected chi connectivity index (χ4v) is 2.31. The van der Waals surface area contributed by atoms with Crippen molar-refractivity contribution < 1.29 is 4.42 Å². The second-order valence-electron chi connectivity index (χ2n) is 5.04. The average Bonchev–Trinajstić information content (AvgIpc) is 2.90. The highest BCUT2D eigenvalue weighted by molar-refractivity contribution is 5.19. The molecule has 0 aliphatic rings. The van der Waals surface area contributed by atoms with Gasteiger partial charge >= 0.3 is 0 Å². The summed E-state index contributed by atoms with van der Waals surface area (Å²) in [5.41, 5.74) is 1.39. The Morgan fingerprint density at radius 3 is 2.33 bits per heavy atom. The standard InChI is InChI=1S/C16H21NO/c1-13(14-8-5-4-6-9-14)12-15(17(2)3)16-10-7-11-18-16/h4-11,13,15H,12H2,1-3H3. The fraction of sp³-hybridized carbons (Fsp3) is 0.375. The van der Waals surface area contributed by atoms with E-state index >= 15 is 0 Å². The number of rotatable bonds is 5. The van der Waals surface area contributed by atoms with Gasteiger partial charge in [0.1, 0.15) is 5.76 Å². The van der Waals surface area contributed by atoms with Gasteiger partial charge in [0.15, 0.2) is 0 Å². The van der Waals surface area contributed by atoms with Gasteiger partial charge in [0.25, 0.3) is 0 Å². The predicted octanol–water partition coefficient (Wildman–Crippen LogP) is 4.08. The van der Waals surface area contributed by atoms with Gasteiger partial charge in [0.05, 0.1) is 12.3 Å². The Bertz CT molecular complexity index is 447. The lowest BCUT2D eigenvalue weighted by Crippen LogP contribution is -2.21. The van der Waals surface area contributed by atoms with E-state index in [2.05, 4.69) is 62.3 Å². The van der Waals surface area contributed by atoms with Crippen LogP contribution in [-0.2, 0) is 0 Å². The molecule has 0 spiro atoms. The van der Waals surface area contributed by atoms with Gasteiger partial charge in [-0.05, 0) is 44.1 Å². The molecule has 0 amide bonds. The lowest BCUT2D eigenvalue weighted by Gasteiger charge is -2.25. The first kappa shape index (κ1) is 12.9. The topological polar surface area (TPSA) is 16.4 Å². The van der Waals surface area contributed by atoms with Crippen molar-refractivity contribution in [3.05, 3.63) is 60.1 Å². The molecule has 2 nitrogen and oxygen atoms in total. The summed E-state index contributed by atoms with van der Waals surface area (Å²) in [5.74, 6) is 1.56. The van der Waals surface area contributed by atoms with Crippen molar-refractivity contribution in [2.75, 3.05) is 14.1 Å². The zero-order chi connectivity index (χ0) is 13.0. The lowest BCUT2D eigenvalue weighted by atomic mass is 9.92. The molecule has 2 heteroatoms. The molecule has 0 aliphatic carbocycles. The zero-order valence-electron chi connectivity index (χ0n) is 11.3. The van der Waals surface area contributed by atoms with Crippen molar-refractivity contribution in [3.8, 4) is 0 Å². The molecule has 18 heavy (non-hydrogen) atoms. The minimum absolute atomic E-state index is 0.329. The smallest absolute Gasteiger partial charge is 0.120 e. The van der Waals surface area contributed by atoms with E-state index in [1.165, 1.54) is 5.56 Å². The summed E-state index contributed by atoms with van der Waals surface area (Å²) in [6.07, 6.45) is 2.81. The first-order valence-electron chi connectivity index (χ1n) is 6.43. The molecule has 2 atom stereocenters. The fourth-order valence-electron chi connectivity index (χ4n) is 2.31. The number of furan rings is 1. The second-order valence-corrected chi connectivity index (χ2v) is 5.04. The van der Waals surface area contributed by atoms with Crippen LogP contribution in [0, 0.1) is 0 Å². The number of benzene rings is 1. The normalized spacial score (nSPS) is 14.7. The first-order chi connectivity index (χ1) is 8.68. The van der Waals surface area contributed by atoms with Gasteiger partial charge in [-0.25, -0.2) is 0 Å². The van der Waals surface area contributed by atoms with E-state index in [1.807, 2.05) is 6.07 Å². The molecule has 0 saturated heterocycles. The Kier molecular flexibility index (Phi) is 4.21. The van der Waals surface area contributed by atoms with Gasteiger partial charge in [-0.3, -0.25) is 4.90 Å². The third kappa shape index (κ3) is 3.02. The van der Waals surface area contributed by atoms with Crippen molar-refractivity contribution in [1.29, 1.82) is 0 Å². The second kappa shape index (κ2) is 5.87. The Labute approximate surface area is 109 Å². The van der Waals surface area contributed by atoms with E-state index in [0.717, 1.165) is 12.2 Å². The van der Waals surface area contributed by atoms with E-state index in [1.54, 1.807) is 6.26 Å². The van der Waals surface area contributed by atoms with Gasteiger partial charge < -0.3 is 4.42 Å². The van der Waals surface area contributed by atoms with Crippen LogP contribution in [0.1, 0.15) is 36.6 Å². The molecule has 2 aromatic rings. The molecular weight excluding hydrogens is 222 g/mol. The summed E-state index contributed by atoms with van der Waals surface area (Å²) in [5, 5.41) is 0. The molecule has 96 valence electrons. The van der Waals surface area contributed by atoms with E-state index in [0.29, 0.717) is 12.0 Å². The van der Waals surface area contributed by atoms with Gasteiger partial charge in [-0.2, -0.15) is 0 Å². The zero-order valence-corrected chi connectivity index (χ0v) is 11.3. The van der Waals surface area contributed by atoms with Crippen LogP contribution in [0.4, 0.5) is 0 Å². The predicted molar refractivity (Wildman–Crippen MR) is 74.6 cm³/mol. The van der Waals surface area contributed by atoms with Crippen LogP contribution in [0.25, 0.3) is 0 Å². The van der Waals surface area contributed by atoms with E-state index in [-0.39, 0.29) is 0 Å².